The number of hydrogen-bond acceptors (Lipinski definition) is 5. The molecule has 3 heterocycles. The fourth-order valence-corrected chi connectivity index (χ4v) is 4.69. The molecule has 6 nitrogen and oxygen atoms in total. The Bertz CT molecular complexity index is 1210. The molecule has 4 aromatic rings. The minimum Gasteiger partial charge on any atom is -0.339 e. The first-order chi connectivity index (χ1) is 13.7. The molecule has 2 aromatic carbocycles. The van der Waals surface area contributed by atoms with E-state index in [9.17, 15) is 4.79 Å². The van der Waals surface area contributed by atoms with Crippen LogP contribution in [0.15, 0.2) is 53.3 Å². The van der Waals surface area contributed by atoms with Gasteiger partial charge in [0.2, 0.25) is 11.7 Å². The predicted octanol–water partition coefficient (Wildman–Crippen LogP) is 2.95. The largest absolute Gasteiger partial charge is 0.339 e. The minimum absolute atomic E-state index is 0.0248. The average Bonchev–Trinajstić information content (AvgIpc) is 3.17. The summed E-state index contributed by atoms with van der Waals surface area (Å²) < 4.78 is 3.79. The van der Waals surface area contributed by atoms with Gasteiger partial charge in [0.15, 0.2) is 0 Å². The van der Waals surface area contributed by atoms with E-state index >= 15 is 0 Å². The van der Waals surface area contributed by atoms with Crippen LogP contribution in [0.25, 0.3) is 16.7 Å². The third kappa shape index (κ3) is 2.86. The lowest BCUT2D eigenvalue weighted by molar-refractivity contribution is 0.763. The Hall–Kier alpha value is -2.80. The van der Waals surface area contributed by atoms with Crippen molar-refractivity contribution in [2.75, 3.05) is 29.5 Å². The van der Waals surface area contributed by atoms with E-state index in [1.807, 2.05) is 67.2 Å². The molecule has 28 heavy (non-hydrogen) atoms. The Morgan fingerprint density at radius 3 is 2.61 bits per heavy atom. The van der Waals surface area contributed by atoms with Gasteiger partial charge < -0.3 is 4.90 Å². The van der Waals surface area contributed by atoms with Gasteiger partial charge >= 0.3 is 0 Å². The Balaban J connectivity index is 1.79. The van der Waals surface area contributed by atoms with Crippen molar-refractivity contribution in [2.24, 2.45) is 0 Å². The number of rotatable bonds is 3. The van der Waals surface area contributed by atoms with E-state index in [2.05, 4.69) is 19.5 Å². The van der Waals surface area contributed by atoms with Gasteiger partial charge in [0.05, 0.1) is 17.4 Å². The Morgan fingerprint density at radius 2 is 1.82 bits per heavy atom. The van der Waals surface area contributed by atoms with Crippen molar-refractivity contribution < 1.29 is 0 Å². The summed E-state index contributed by atoms with van der Waals surface area (Å²) in [7, 11) is 0. The monoisotopic (exact) mass is 391 g/mol. The first-order valence-electron chi connectivity index (χ1n) is 9.47. The van der Waals surface area contributed by atoms with Crippen LogP contribution in [0, 0.1) is 6.92 Å². The van der Waals surface area contributed by atoms with E-state index in [0.29, 0.717) is 17.7 Å². The fraction of sp³-hybridized carbons (Fsp3) is 0.286. The van der Waals surface area contributed by atoms with Gasteiger partial charge in [-0.25, -0.2) is 4.40 Å². The zero-order valence-corrected chi connectivity index (χ0v) is 16.5. The topological polar surface area (TPSA) is 55.4 Å². The molecule has 0 N–H and O–H groups in total. The summed E-state index contributed by atoms with van der Waals surface area (Å²) >= 11 is 1.96. The summed E-state index contributed by atoms with van der Waals surface area (Å²) in [5.41, 5.74) is 2.98. The second-order valence-electron chi connectivity index (χ2n) is 7.13. The first kappa shape index (κ1) is 17.3. The van der Waals surface area contributed by atoms with E-state index in [4.69, 9.17) is 0 Å². The van der Waals surface area contributed by atoms with Gasteiger partial charge in [-0.05, 0) is 24.6 Å². The van der Waals surface area contributed by atoms with Crippen LogP contribution in [0.4, 0.5) is 5.95 Å². The number of thioether (sulfide) groups is 1. The highest BCUT2D eigenvalue weighted by Crippen LogP contribution is 2.23. The average molecular weight is 392 g/mol. The van der Waals surface area contributed by atoms with Crippen molar-refractivity contribution >= 4 is 34.4 Å². The normalized spacial score (nSPS) is 14.8. The molecule has 1 aliphatic rings. The molecule has 2 aromatic heterocycles. The summed E-state index contributed by atoms with van der Waals surface area (Å²) in [5, 5.41) is 9.66. The maximum Gasteiger partial charge on any atom is 0.263 e. The Kier molecular flexibility index (Phi) is 4.31. The molecule has 142 valence electrons. The van der Waals surface area contributed by atoms with Crippen molar-refractivity contribution in [3.05, 3.63) is 70.0 Å². The summed E-state index contributed by atoms with van der Waals surface area (Å²) in [5.74, 6) is 3.58. The van der Waals surface area contributed by atoms with E-state index in [1.165, 1.54) is 0 Å². The molecule has 0 bridgehead atoms. The zero-order chi connectivity index (χ0) is 19.1. The number of benzene rings is 2. The molecule has 0 spiro atoms. The van der Waals surface area contributed by atoms with Crippen LogP contribution in [-0.4, -0.2) is 43.8 Å². The summed E-state index contributed by atoms with van der Waals surface area (Å²) in [6, 6.07) is 16.0. The van der Waals surface area contributed by atoms with Gasteiger partial charge in [0, 0.05) is 24.6 Å². The summed E-state index contributed by atoms with van der Waals surface area (Å²) in [4.78, 5) is 15.6. The van der Waals surface area contributed by atoms with Crippen molar-refractivity contribution in [3.8, 4) is 0 Å². The number of anilines is 1. The van der Waals surface area contributed by atoms with Gasteiger partial charge in [-0.15, -0.1) is 10.2 Å². The fourth-order valence-electron chi connectivity index (χ4n) is 3.79. The zero-order valence-electron chi connectivity index (χ0n) is 15.7. The number of aromatic nitrogens is 4. The van der Waals surface area contributed by atoms with Crippen molar-refractivity contribution in [1.29, 1.82) is 0 Å². The standard InChI is InChI=1S/C21H21N5OS/c1-15-7-8-18-17(13-15)19(27)25(14-16-5-3-2-4-6-16)21-23-22-20(26(18)21)24-9-11-28-12-10-24/h2-8,13H,9-12,14H2,1H3. The minimum atomic E-state index is -0.0248. The molecule has 0 amide bonds. The molecular formula is C21H21N5OS. The SMILES string of the molecule is Cc1ccc2c(c1)c(=O)n(Cc1ccccc1)c1nnc(N3CCSCC3)n21. The number of nitrogens with zero attached hydrogens (tertiary/aromatic N) is 5. The lowest BCUT2D eigenvalue weighted by Crippen LogP contribution is -2.34. The van der Waals surface area contributed by atoms with E-state index in [-0.39, 0.29) is 5.56 Å². The van der Waals surface area contributed by atoms with Crippen LogP contribution in [0.5, 0.6) is 0 Å². The second-order valence-corrected chi connectivity index (χ2v) is 8.36. The summed E-state index contributed by atoms with van der Waals surface area (Å²) in [6.07, 6.45) is 0. The first-order valence-corrected chi connectivity index (χ1v) is 10.6. The molecule has 1 saturated heterocycles. The summed E-state index contributed by atoms with van der Waals surface area (Å²) in [6.45, 7) is 4.37. The number of aryl methyl sites for hydroxylation is 1. The van der Waals surface area contributed by atoms with Gasteiger partial charge in [0.1, 0.15) is 0 Å². The molecular weight excluding hydrogens is 370 g/mol. The van der Waals surface area contributed by atoms with Crippen LogP contribution >= 0.6 is 11.8 Å². The van der Waals surface area contributed by atoms with Crippen molar-refractivity contribution in [2.45, 2.75) is 13.5 Å². The smallest absolute Gasteiger partial charge is 0.263 e. The molecule has 0 aliphatic carbocycles. The highest BCUT2D eigenvalue weighted by molar-refractivity contribution is 7.99. The number of hydrogen-bond donors (Lipinski definition) is 0. The Labute approximate surface area is 166 Å². The predicted molar refractivity (Wildman–Crippen MR) is 115 cm³/mol. The molecule has 5 rings (SSSR count). The van der Waals surface area contributed by atoms with Gasteiger partial charge in [0.25, 0.3) is 5.56 Å². The third-order valence-corrected chi connectivity index (χ3v) is 6.16. The van der Waals surface area contributed by atoms with Crippen LogP contribution < -0.4 is 10.5 Å². The van der Waals surface area contributed by atoms with E-state index in [1.54, 1.807) is 4.57 Å². The Morgan fingerprint density at radius 1 is 1.04 bits per heavy atom. The second kappa shape index (κ2) is 6.98. The maximum absolute atomic E-state index is 13.3. The molecule has 0 saturated carbocycles. The lowest BCUT2D eigenvalue weighted by atomic mass is 10.1. The van der Waals surface area contributed by atoms with Crippen LogP contribution in [-0.2, 0) is 6.54 Å². The van der Waals surface area contributed by atoms with Crippen LogP contribution in [0.3, 0.4) is 0 Å². The third-order valence-electron chi connectivity index (χ3n) is 5.22. The maximum atomic E-state index is 13.3. The lowest BCUT2D eigenvalue weighted by Gasteiger charge is -2.26. The van der Waals surface area contributed by atoms with E-state index < -0.39 is 0 Å². The van der Waals surface area contributed by atoms with Crippen molar-refractivity contribution in [1.82, 2.24) is 19.2 Å². The van der Waals surface area contributed by atoms with Gasteiger partial charge in [-0.2, -0.15) is 11.8 Å². The highest BCUT2D eigenvalue weighted by Gasteiger charge is 2.22. The molecule has 1 aliphatic heterocycles. The van der Waals surface area contributed by atoms with Crippen molar-refractivity contribution in [3.63, 3.8) is 0 Å². The quantitative estimate of drug-likeness (QED) is 0.537. The molecule has 0 unspecified atom stereocenters. The van der Waals surface area contributed by atoms with Crippen LogP contribution in [0.2, 0.25) is 0 Å². The van der Waals surface area contributed by atoms with Gasteiger partial charge in [-0.1, -0.05) is 42.0 Å². The molecule has 1 fully saturated rings. The highest BCUT2D eigenvalue weighted by atomic mass is 32.2. The van der Waals surface area contributed by atoms with Gasteiger partial charge in [-0.3, -0.25) is 9.36 Å². The molecule has 0 radical (unpaired) electrons. The molecule has 0 atom stereocenters. The van der Waals surface area contributed by atoms with E-state index in [0.717, 1.165) is 47.2 Å². The number of fused-ring (bicyclic) bond motifs is 3. The van der Waals surface area contributed by atoms with Crippen LogP contribution in [0.1, 0.15) is 11.1 Å². The molecule has 7 heteroatoms.